The van der Waals surface area contributed by atoms with Gasteiger partial charge in [0, 0.05) is 17.0 Å². The number of aromatic nitrogens is 1. The maximum absolute atomic E-state index is 14.3. The van der Waals surface area contributed by atoms with E-state index >= 15 is 0 Å². The van der Waals surface area contributed by atoms with Gasteiger partial charge in [-0.05, 0) is 43.7 Å². The number of hydrogen-bond acceptors (Lipinski definition) is 2. The lowest BCUT2D eigenvalue weighted by atomic mass is 10.2. The molecule has 0 radical (unpaired) electrons. The average molecular weight is 398 g/mol. The molecular formula is C23H24F2N2O2. The number of fused-ring (bicyclic) bond motifs is 1. The van der Waals surface area contributed by atoms with Crippen LogP contribution < -0.4 is 10.1 Å². The summed E-state index contributed by atoms with van der Waals surface area (Å²) < 4.78 is 35.9. The van der Waals surface area contributed by atoms with Gasteiger partial charge in [0.1, 0.15) is 29.7 Å². The minimum Gasteiger partial charge on any atom is -0.489 e. The fourth-order valence-electron chi connectivity index (χ4n) is 3.13. The van der Waals surface area contributed by atoms with E-state index < -0.39 is 11.6 Å². The largest absolute Gasteiger partial charge is 0.489 e. The molecule has 0 saturated heterocycles. The van der Waals surface area contributed by atoms with Crippen molar-refractivity contribution in [1.29, 1.82) is 0 Å². The van der Waals surface area contributed by atoms with Gasteiger partial charge < -0.3 is 14.6 Å². The van der Waals surface area contributed by atoms with Crippen LogP contribution in [0.3, 0.4) is 0 Å². The number of nitrogens with one attached hydrogen (secondary N) is 1. The van der Waals surface area contributed by atoms with Gasteiger partial charge in [-0.3, -0.25) is 4.79 Å². The number of hydrogen-bond donors (Lipinski definition) is 1. The van der Waals surface area contributed by atoms with Gasteiger partial charge >= 0.3 is 0 Å². The number of carbonyl (C=O) groups is 1. The first kappa shape index (κ1) is 20.6. The highest BCUT2D eigenvalue weighted by Crippen LogP contribution is 2.30. The number of benzene rings is 2. The Kier molecular flexibility index (Phi) is 6.32. The van der Waals surface area contributed by atoms with Crippen molar-refractivity contribution in [3.05, 3.63) is 78.0 Å². The van der Waals surface area contributed by atoms with Gasteiger partial charge in [-0.2, -0.15) is 0 Å². The van der Waals surface area contributed by atoms with Gasteiger partial charge in [0.2, 0.25) is 0 Å². The lowest BCUT2D eigenvalue weighted by molar-refractivity contribution is 0.0930. The van der Waals surface area contributed by atoms with E-state index in [0.29, 0.717) is 29.0 Å². The zero-order valence-corrected chi connectivity index (χ0v) is 16.5. The van der Waals surface area contributed by atoms with Crippen molar-refractivity contribution in [2.75, 3.05) is 6.61 Å². The lowest BCUT2D eigenvalue weighted by Crippen LogP contribution is -2.33. The highest BCUT2D eigenvalue weighted by atomic mass is 19.1. The van der Waals surface area contributed by atoms with E-state index in [-0.39, 0.29) is 24.1 Å². The van der Waals surface area contributed by atoms with Crippen LogP contribution >= 0.6 is 0 Å². The first-order valence-electron chi connectivity index (χ1n) is 9.56. The summed E-state index contributed by atoms with van der Waals surface area (Å²) in [5.41, 5.74) is 0.876. The molecule has 152 valence electrons. The van der Waals surface area contributed by atoms with Crippen molar-refractivity contribution in [2.45, 2.75) is 32.9 Å². The molecule has 1 heterocycles. The molecule has 0 bridgehead atoms. The molecule has 1 aromatic heterocycles. The van der Waals surface area contributed by atoms with Gasteiger partial charge in [0.15, 0.2) is 0 Å². The smallest absolute Gasteiger partial charge is 0.268 e. The maximum Gasteiger partial charge on any atom is 0.268 e. The Morgan fingerprint density at radius 1 is 1.24 bits per heavy atom. The Morgan fingerprint density at radius 3 is 2.59 bits per heavy atom. The van der Waals surface area contributed by atoms with Crippen LogP contribution in [0.5, 0.6) is 5.75 Å². The van der Waals surface area contributed by atoms with E-state index in [0.717, 1.165) is 6.42 Å². The zero-order chi connectivity index (χ0) is 21.0. The number of ether oxygens (including phenoxy) is 1. The van der Waals surface area contributed by atoms with Crippen molar-refractivity contribution in [3.8, 4) is 5.75 Å². The second-order valence-corrected chi connectivity index (χ2v) is 6.89. The molecule has 4 nitrogen and oxygen atoms in total. The van der Waals surface area contributed by atoms with E-state index in [1.165, 1.54) is 18.2 Å². The molecule has 1 amide bonds. The van der Waals surface area contributed by atoms with Gasteiger partial charge in [-0.25, -0.2) is 8.78 Å². The lowest BCUT2D eigenvalue weighted by Gasteiger charge is -2.15. The number of carbonyl (C=O) groups excluding carboxylic acids is 1. The van der Waals surface area contributed by atoms with Crippen LogP contribution in [-0.2, 0) is 6.54 Å². The molecule has 1 N–H and O–H groups in total. The van der Waals surface area contributed by atoms with Gasteiger partial charge in [-0.15, -0.1) is 0 Å². The summed E-state index contributed by atoms with van der Waals surface area (Å²) in [4.78, 5) is 12.9. The third-order valence-corrected chi connectivity index (χ3v) is 4.86. The molecule has 3 aromatic rings. The molecule has 0 aliphatic heterocycles. The van der Waals surface area contributed by atoms with Crippen molar-refractivity contribution in [2.24, 2.45) is 0 Å². The fourth-order valence-corrected chi connectivity index (χ4v) is 3.13. The van der Waals surface area contributed by atoms with E-state index in [4.69, 9.17) is 4.74 Å². The summed E-state index contributed by atoms with van der Waals surface area (Å²) in [6, 6.07) is 10.8. The quantitative estimate of drug-likeness (QED) is 0.539. The SMILES string of the molecule is C=CCOc1cccc2c1cc(C(=O)N[C@@H](C)CC)n2Cc1c(F)cccc1F. The number of rotatable bonds is 8. The highest BCUT2D eigenvalue weighted by molar-refractivity contribution is 6.00. The second-order valence-electron chi connectivity index (χ2n) is 6.89. The van der Waals surface area contributed by atoms with Gasteiger partial charge in [-0.1, -0.05) is 31.7 Å². The highest BCUT2D eigenvalue weighted by Gasteiger charge is 2.21. The van der Waals surface area contributed by atoms with Crippen LogP contribution in [0.25, 0.3) is 10.9 Å². The minimum absolute atomic E-state index is 0.0318. The molecule has 2 aromatic carbocycles. The summed E-state index contributed by atoms with van der Waals surface area (Å²) in [6.45, 7) is 7.71. The maximum atomic E-state index is 14.3. The van der Waals surface area contributed by atoms with Crippen LogP contribution in [0, 0.1) is 11.6 Å². The monoisotopic (exact) mass is 398 g/mol. The molecule has 0 spiro atoms. The normalized spacial score (nSPS) is 12.0. The Morgan fingerprint density at radius 2 is 1.93 bits per heavy atom. The van der Waals surface area contributed by atoms with Crippen LogP contribution in [0.1, 0.15) is 36.3 Å². The third-order valence-electron chi connectivity index (χ3n) is 4.86. The first-order valence-corrected chi connectivity index (χ1v) is 9.56. The van der Waals surface area contributed by atoms with Gasteiger partial charge in [0.05, 0.1) is 12.1 Å². The number of halogens is 2. The van der Waals surface area contributed by atoms with Crippen LogP contribution in [0.4, 0.5) is 8.78 Å². The van der Waals surface area contributed by atoms with Crippen LogP contribution in [0.2, 0.25) is 0 Å². The molecule has 0 saturated carbocycles. The number of amides is 1. The summed E-state index contributed by atoms with van der Waals surface area (Å²) in [6.07, 6.45) is 2.39. The molecule has 6 heteroatoms. The zero-order valence-electron chi connectivity index (χ0n) is 16.5. The molecule has 0 unspecified atom stereocenters. The number of nitrogens with zero attached hydrogens (tertiary/aromatic N) is 1. The Bertz CT molecular complexity index is 1020. The van der Waals surface area contributed by atoms with Crippen molar-refractivity contribution in [1.82, 2.24) is 9.88 Å². The average Bonchev–Trinajstić information content (AvgIpc) is 3.08. The predicted octanol–water partition coefficient (Wildman–Crippen LogP) is 5.06. The topological polar surface area (TPSA) is 43.3 Å². The van der Waals surface area contributed by atoms with E-state index in [1.807, 2.05) is 13.8 Å². The summed E-state index contributed by atoms with van der Waals surface area (Å²) >= 11 is 0. The molecular weight excluding hydrogens is 374 g/mol. The van der Waals surface area contributed by atoms with Crippen LogP contribution in [-0.4, -0.2) is 23.1 Å². The van der Waals surface area contributed by atoms with Crippen molar-refractivity contribution in [3.63, 3.8) is 0 Å². The first-order chi connectivity index (χ1) is 14.0. The second kappa shape index (κ2) is 8.90. The fraction of sp³-hybridized carbons (Fsp3) is 0.261. The Labute approximate surface area is 168 Å². The van der Waals surface area contributed by atoms with Crippen molar-refractivity contribution >= 4 is 16.8 Å². The van der Waals surface area contributed by atoms with E-state index in [2.05, 4.69) is 11.9 Å². The minimum atomic E-state index is -0.654. The predicted molar refractivity (Wildman–Crippen MR) is 110 cm³/mol. The Hall–Kier alpha value is -3.15. The van der Waals surface area contributed by atoms with Crippen LogP contribution in [0.15, 0.2) is 55.1 Å². The summed E-state index contributed by atoms with van der Waals surface area (Å²) in [5.74, 6) is -1.03. The van der Waals surface area contributed by atoms with Crippen molar-refractivity contribution < 1.29 is 18.3 Å². The Balaban J connectivity index is 2.15. The molecule has 3 rings (SSSR count). The molecule has 0 aliphatic rings. The summed E-state index contributed by atoms with van der Waals surface area (Å²) in [5, 5.41) is 3.62. The molecule has 0 fully saturated rings. The molecule has 0 aliphatic carbocycles. The standard InChI is InChI=1S/C23H24F2N2O2/c1-4-12-29-22-11-7-10-20-16(22)13-21(23(28)26-15(3)5-2)27(20)14-17-18(24)8-6-9-19(17)25/h4,6-11,13,15H,1,5,12,14H2,2-3H3,(H,26,28)/t15-/m0/s1. The molecule has 1 atom stereocenters. The third kappa shape index (κ3) is 4.31. The van der Waals surface area contributed by atoms with E-state index in [9.17, 15) is 13.6 Å². The summed E-state index contributed by atoms with van der Waals surface area (Å²) in [7, 11) is 0. The molecule has 29 heavy (non-hydrogen) atoms. The van der Waals surface area contributed by atoms with E-state index in [1.54, 1.807) is 34.9 Å². The van der Waals surface area contributed by atoms with Gasteiger partial charge in [0.25, 0.3) is 5.91 Å².